The minimum Gasteiger partial charge on any atom is -0.383 e. The van der Waals surface area contributed by atoms with Gasteiger partial charge in [0.25, 0.3) is 0 Å². The first-order valence-electron chi connectivity index (χ1n) is 8.25. The van der Waals surface area contributed by atoms with Crippen molar-refractivity contribution < 1.29 is 4.74 Å². The van der Waals surface area contributed by atoms with Gasteiger partial charge >= 0.3 is 0 Å². The lowest BCUT2D eigenvalue weighted by molar-refractivity contribution is 0.0774. The molecule has 124 valence electrons. The van der Waals surface area contributed by atoms with Gasteiger partial charge in [0.2, 0.25) is 0 Å². The van der Waals surface area contributed by atoms with Crippen LogP contribution in [0.5, 0.6) is 0 Å². The number of rotatable bonds is 7. The number of guanidine groups is 1. The van der Waals surface area contributed by atoms with E-state index in [1.165, 1.54) is 25.9 Å². The molecule has 1 aliphatic rings. The van der Waals surface area contributed by atoms with Gasteiger partial charge in [0.1, 0.15) is 0 Å². The second-order valence-corrected chi connectivity index (χ2v) is 6.62. The fourth-order valence-electron chi connectivity index (χ4n) is 2.72. The second-order valence-electron chi connectivity index (χ2n) is 6.62. The summed E-state index contributed by atoms with van der Waals surface area (Å²) in [6.45, 7) is 14.6. The molecule has 0 aromatic carbocycles. The second kappa shape index (κ2) is 9.26. The third-order valence-corrected chi connectivity index (χ3v) is 4.08. The highest BCUT2D eigenvalue weighted by Gasteiger charge is 2.29. The number of ether oxygens (including phenoxy) is 1. The molecule has 0 saturated carbocycles. The summed E-state index contributed by atoms with van der Waals surface area (Å²) in [5.41, 5.74) is 0.109. The Kier molecular flexibility index (Phi) is 8.04. The topological polar surface area (TPSA) is 48.9 Å². The molecule has 1 fully saturated rings. The van der Waals surface area contributed by atoms with Gasteiger partial charge in [-0.3, -0.25) is 9.89 Å². The minimum atomic E-state index is 0.109. The van der Waals surface area contributed by atoms with Crippen LogP contribution in [-0.4, -0.2) is 62.8 Å². The summed E-state index contributed by atoms with van der Waals surface area (Å²) in [5, 5.41) is 6.59. The van der Waals surface area contributed by atoms with Crippen LogP contribution in [0, 0.1) is 5.92 Å². The molecule has 0 aliphatic carbocycles. The van der Waals surface area contributed by atoms with E-state index in [0.29, 0.717) is 6.61 Å². The largest absolute Gasteiger partial charge is 0.383 e. The molecule has 1 unspecified atom stereocenters. The van der Waals surface area contributed by atoms with Crippen LogP contribution in [0.2, 0.25) is 0 Å². The molecule has 5 nitrogen and oxygen atoms in total. The summed E-state index contributed by atoms with van der Waals surface area (Å²) in [4.78, 5) is 7.34. The number of aliphatic imine (C=N–C) groups is 1. The number of nitrogens with one attached hydrogen (secondary N) is 2. The first-order chi connectivity index (χ1) is 9.99. The Balaban J connectivity index is 2.54. The molecule has 1 aliphatic heterocycles. The Morgan fingerprint density at radius 2 is 2.14 bits per heavy atom. The van der Waals surface area contributed by atoms with Crippen LogP contribution in [0.1, 0.15) is 40.5 Å². The third-order valence-electron chi connectivity index (χ3n) is 4.08. The predicted molar refractivity (Wildman–Crippen MR) is 89.9 cm³/mol. The SMILES string of the molecule is CCNC(=NCC(C)(C)N1CCCC(C)C1)NCCOC. The highest BCUT2D eigenvalue weighted by atomic mass is 16.5. The van der Waals surface area contributed by atoms with Gasteiger partial charge in [-0.1, -0.05) is 6.92 Å². The van der Waals surface area contributed by atoms with E-state index in [0.717, 1.165) is 31.5 Å². The van der Waals surface area contributed by atoms with Crippen molar-refractivity contribution in [1.82, 2.24) is 15.5 Å². The van der Waals surface area contributed by atoms with Gasteiger partial charge in [-0.25, -0.2) is 0 Å². The Labute approximate surface area is 130 Å². The predicted octanol–water partition coefficient (Wildman–Crippen LogP) is 1.70. The highest BCUT2D eigenvalue weighted by molar-refractivity contribution is 5.79. The van der Waals surface area contributed by atoms with Crippen LogP contribution in [0.15, 0.2) is 4.99 Å². The maximum absolute atomic E-state index is 5.07. The van der Waals surface area contributed by atoms with E-state index in [1.54, 1.807) is 7.11 Å². The number of piperidine rings is 1. The van der Waals surface area contributed by atoms with Crippen LogP contribution in [0.25, 0.3) is 0 Å². The molecule has 5 heteroatoms. The van der Waals surface area contributed by atoms with Crippen LogP contribution >= 0.6 is 0 Å². The quantitative estimate of drug-likeness (QED) is 0.427. The van der Waals surface area contributed by atoms with E-state index >= 15 is 0 Å². The first kappa shape index (κ1) is 18.2. The molecular formula is C16H34N4O. The lowest BCUT2D eigenvalue weighted by atomic mass is 9.94. The van der Waals surface area contributed by atoms with Crippen molar-refractivity contribution in [1.29, 1.82) is 0 Å². The first-order valence-corrected chi connectivity index (χ1v) is 8.25. The van der Waals surface area contributed by atoms with Crippen molar-refractivity contribution in [2.45, 2.75) is 46.1 Å². The summed E-state index contributed by atoms with van der Waals surface area (Å²) in [7, 11) is 1.71. The summed E-state index contributed by atoms with van der Waals surface area (Å²) in [6.07, 6.45) is 2.66. The van der Waals surface area contributed by atoms with Gasteiger partial charge in [0.15, 0.2) is 5.96 Å². The number of methoxy groups -OCH3 is 1. The van der Waals surface area contributed by atoms with E-state index in [9.17, 15) is 0 Å². The highest BCUT2D eigenvalue weighted by Crippen LogP contribution is 2.23. The van der Waals surface area contributed by atoms with Crippen molar-refractivity contribution in [3.8, 4) is 0 Å². The molecule has 0 bridgehead atoms. The van der Waals surface area contributed by atoms with Gasteiger partial charge in [-0.2, -0.15) is 0 Å². The molecular weight excluding hydrogens is 264 g/mol. The van der Waals surface area contributed by atoms with Crippen molar-refractivity contribution in [2.24, 2.45) is 10.9 Å². The Morgan fingerprint density at radius 3 is 2.76 bits per heavy atom. The Bertz CT molecular complexity index is 317. The van der Waals surface area contributed by atoms with Crippen molar-refractivity contribution in [2.75, 3.05) is 46.4 Å². The maximum atomic E-state index is 5.07. The zero-order valence-electron chi connectivity index (χ0n) is 14.5. The average Bonchev–Trinajstić information content (AvgIpc) is 2.45. The van der Waals surface area contributed by atoms with Gasteiger partial charge < -0.3 is 15.4 Å². The zero-order chi connectivity index (χ0) is 15.7. The fraction of sp³-hybridized carbons (Fsp3) is 0.938. The zero-order valence-corrected chi connectivity index (χ0v) is 14.5. The molecule has 21 heavy (non-hydrogen) atoms. The number of hydrogen-bond donors (Lipinski definition) is 2. The van der Waals surface area contributed by atoms with E-state index < -0.39 is 0 Å². The average molecular weight is 298 g/mol. The van der Waals surface area contributed by atoms with Crippen molar-refractivity contribution in [3.05, 3.63) is 0 Å². The van der Waals surface area contributed by atoms with Crippen molar-refractivity contribution in [3.63, 3.8) is 0 Å². The summed E-state index contributed by atoms with van der Waals surface area (Å²) < 4.78 is 5.07. The van der Waals surface area contributed by atoms with Gasteiger partial charge in [0.05, 0.1) is 13.2 Å². The fourth-order valence-corrected chi connectivity index (χ4v) is 2.72. The minimum absolute atomic E-state index is 0.109. The molecule has 0 spiro atoms. The molecule has 2 N–H and O–H groups in total. The van der Waals surface area contributed by atoms with Gasteiger partial charge in [0, 0.05) is 32.3 Å². The standard InChI is InChI=1S/C16H34N4O/c1-6-17-15(18-9-11-21-5)19-13-16(3,4)20-10-7-8-14(2)12-20/h14H,6-13H2,1-5H3,(H2,17,18,19). The Morgan fingerprint density at radius 1 is 1.38 bits per heavy atom. The smallest absolute Gasteiger partial charge is 0.191 e. The van der Waals surface area contributed by atoms with Crippen LogP contribution < -0.4 is 10.6 Å². The molecule has 0 amide bonds. The molecule has 0 radical (unpaired) electrons. The molecule has 1 rings (SSSR count). The lowest BCUT2D eigenvalue weighted by Gasteiger charge is -2.42. The van der Waals surface area contributed by atoms with E-state index in [4.69, 9.17) is 9.73 Å². The van der Waals surface area contributed by atoms with E-state index in [1.807, 2.05) is 0 Å². The van der Waals surface area contributed by atoms with Crippen molar-refractivity contribution >= 4 is 5.96 Å². The lowest BCUT2D eigenvalue weighted by Crippen LogP contribution is -2.51. The van der Waals surface area contributed by atoms with E-state index in [-0.39, 0.29) is 5.54 Å². The molecule has 1 heterocycles. The third kappa shape index (κ3) is 6.66. The van der Waals surface area contributed by atoms with Gasteiger partial charge in [-0.15, -0.1) is 0 Å². The van der Waals surface area contributed by atoms with Crippen LogP contribution in [0.3, 0.4) is 0 Å². The summed E-state index contributed by atoms with van der Waals surface area (Å²) >= 11 is 0. The molecule has 1 atom stereocenters. The molecule has 0 aromatic heterocycles. The normalized spacial score (nSPS) is 21.4. The maximum Gasteiger partial charge on any atom is 0.191 e. The monoisotopic (exact) mass is 298 g/mol. The summed E-state index contributed by atoms with van der Waals surface area (Å²) in [5.74, 6) is 1.68. The summed E-state index contributed by atoms with van der Waals surface area (Å²) in [6, 6.07) is 0. The van der Waals surface area contributed by atoms with Gasteiger partial charge in [-0.05, 0) is 46.1 Å². The number of hydrogen-bond acceptors (Lipinski definition) is 3. The number of nitrogens with zero attached hydrogens (tertiary/aromatic N) is 2. The molecule has 1 saturated heterocycles. The van der Waals surface area contributed by atoms with Crippen LogP contribution in [0.4, 0.5) is 0 Å². The van der Waals surface area contributed by atoms with E-state index in [2.05, 4.69) is 43.2 Å². The Hall–Kier alpha value is -0.810. The van der Waals surface area contributed by atoms with Crippen LogP contribution in [-0.2, 0) is 4.74 Å². The molecule has 0 aromatic rings. The number of likely N-dealkylation sites (tertiary alicyclic amines) is 1.